The van der Waals surface area contributed by atoms with Crippen molar-refractivity contribution in [1.82, 2.24) is 4.90 Å². The first kappa shape index (κ1) is 14.9. The molecule has 0 aromatic carbocycles. The van der Waals surface area contributed by atoms with Crippen molar-refractivity contribution < 1.29 is 4.74 Å². The van der Waals surface area contributed by atoms with Crippen molar-refractivity contribution in [2.45, 2.75) is 71.1 Å². The second-order valence-electron chi connectivity index (χ2n) is 5.57. The van der Waals surface area contributed by atoms with Crippen LogP contribution in [-0.2, 0) is 4.74 Å². The summed E-state index contributed by atoms with van der Waals surface area (Å²) in [6, 6.07) is 0.564. The van der Waals surface area contributed by atoms with Crippen LogP contribution in [0.5, 0.6) is 0 Å². The lowest BCUT2D eigenvalue weighted by molar-refractivity contribution is -0.0809. The highest BCUT2D eigenvalue weighted by molar-refractivity contribution is 4.97. The van der Waals surface area contributed by atoms with Gasteiger partial charge >= 0.3 is 0 Å². The molecule has 1 heterocycles. The molecule has 2 atom stereocenters. The zero-order chi connectivity index (χ0) is 12.9. The predicted octanol–water partition coefficient (Wildman–Crippen LogP) is 2.39. The van der Waals surface area contributed by atoms with Crippen LogP contribution in [0.1, 0.15) is 53.4 Å². The second kappa shape index (κ2) is 6.72. The lowest BCUT2D eigenvalue weighted by atomic mass is 9.83. The summed E-state index contributed by atoms with van der Waals surface area (Å²) in [4.78, 5) is 2.61. The van der Waals surface area contributed by atoms with E-state index in [4.69, 9.17) is 10.5 Å². The molecule has 0 aliphatic carbocycles. The van der Waals surface area contributed by atoms with E-state index in [1.807, 2.05) is 0 Å². The highest BCUT2D eigenvalue weighted by Crippen LogP contribution is 2.33. The lowest BCUT2D eigenvalue weighted by Gasteiger charge is -2.50. The zero-order valence-electron chi connectivity index (χ0n) is 12.0. The van der Waals surface area contributed by atoms with Gasteiger partial charge in [-0.25, -0.2) is 0 Å². The maximum absolute atomic E-state index is 6.13. The Balaban J connectivity index is 2.83. The van der Waals surface area contributed by atoms with Crippen LogP contribution in [0.25, 0.3) is 0 Å². The summed E-state index contributed by atoms with van der Waals surface area (Å²) in [7, 11) is 0. The van der Waals surface area contributed by atoms with E-state index in [1.54, 1.807) is 0 Å². The van der Waals surface area contributed by atoms with Gasteiger partial charge in [0.15, 0.2) is 0 Å². The minimum Gasteiger partial charge on any atom is -0.378 e. The standard InChI is InChI=1S/C14H30N2O/c1-5-8-16(12(3)4)14(11-15)7-9-17-13(6-2)10-14/h12-13H,5-11,15H2,1-4H3. The van der Waals surface area contributed by atoms with Crippen LogP contribution in [0.15, 0.2) is 0 Å². The third kappa shape index (κ3) is 3.43. The number of nitrogens with zero attached hydrogens (tertiary/aromatic N) is 1. The first-order valence-corrected chi connectivity index (χ1v) is 7.18. The van der Waals surface area contributed by atoms with Gasteiger partial charge in [-0.15, -0.1) is 0 Å². The summed E-state index contributed by atoms with van der Waals surface area (Å²) >= 11 is 0. The zero-order valence-corrected chi connectivity index (χ0v) is 12.0. The van der Waals surface area contributed by atoms with Crippen LogP contribution in [-0.4, -0.2) is 42.3 Å². The molecular weight excluding hydrogens is 212 g/mol. The summed E-state index contributed by atoms with van der Waals surface area (Å²) in [6.45, 7) is 11.8. The van der Waals surface area contributed by atoms with Crippen LogP contribution in [0, 0.1) is 0 Å². The average Bonchev–Trinajstić information content (AvgIpc) is 2.35. The Bertz CT molecular complexity index is 220. The van der Waals surface area contributed by atoms with Crippen LogP contribution in [0.4, 0.5) is 0 Å². The van der Waals surface area contributed by atoms with Crippen molar-refractivity contribution >= 4 is 0 Å². The third-order valence-electron chi connectivity index (χ3n) is 4.06. The third-order valence-corrected chi connectivity index (χ3v) is 4.06. The van der Waals surface area contributed by atoms with Gasteiger partial charge in [-0.1, -0.05) is 13.8 Å². The Labute approximate surface area is 107 Å². The molecule has 17 heavy (non-hydrogen) atoms. The first-order valence-electron chi connectivity index (χ1n) is 7.18. The van der Waals surface area contributed by atoms with Crippen molar-refractivity contribution in [2.24, 2.45) is 5.73 Å². The van der Waals surface area contributed by atoms with Gasteiger partial charge in [0.25, 0.3) is 0 Å². The normalized spacial score (nSPS) is 30.2. The van der Waals surface area contributed by atoms with Crippen molar-refractivity contribution in [3.8, 4) is 0 Å². The maximum atomic E-state index is 6.13. The fraction of sp³-hybridized carbons (Fsp3) is 1.00. The number of rotatable bonds is 6. The molecule has 0 bridgehead atoms. The van der Waals surface area contributed by atoms with Crippen molar-refractivity contribution in [2.75, 3.05) is 19.7 Å². The van der Waals surface area contributed by atoms with Crippen molar-refractivity contribution in [1.29, 1.82) is 0 Å². The van der Waals surface area contributed by atoms with E-state index >= 15 is 0 Å². The molecule has 2 unspecified atom stereocenters. The molecule has 0 amide bonds. The monoisotopic (exact) mass is 242 g/mol. The molecule has 0 saturated carbocycles. The van der Waals surface area contributed by atoms with E-state index in [1.165, 1.54) is 6.42 Å². The average molecular weight is 242 g/mol. The van der Waals surface area contributed by atoms with Crippen molar-refractivity contribution in [3.05, 3.63) is 0 Å². The molecule has 0 aromatic heterocycles. The Morgan fingerprint density at radius 3 is 2.59 bits per heavy atom. The van der Waals surface area contributed by atoms with Gasteiger partial charge in [0.1, 0.15) is 0 Å². The van der Waals surface area contributed by atoms with Gasteiger partial charge in [-0.3, -0.25) is 4.90 Å². The Kier molecular flexibility index (Phi) is 5.90. The molecule has 102 valence electrons. The van der Waals surface area contributed by atoms with Gasteiger partial charge < -0.3 is 10.5 Å². The summed E-state index contributed by atoms with van der Waals surface area (Å²) in [5.41, 5.74) is 6.30. The van der Waals surface area contributed by atoms with Crippen LogP contribution in [0.3, 0.4) is 0 Å². The maximum Gasteiger partial charge on any atom is 0.0590 e. The number of nitrogens with two attached hydrogens (primary N) is 1. The smallest absolute Gasteiger partial charge is 0.0590 e. The summed E-state index contributed by atoms with van der Waals surface area (Å²) < 4.78 is 5.81. The number of hydrogen-bond acceptors (Lipinski definition) is 3. The van der Waals surface area contributed by atoms with E-state index in [9.17, 15) is 0 Å². The highest BCUT2D eigenvalue weighted by atomic mass is 16.5. The van der Waals surface area contributed by atoms with Crippen LogP contribution in [0.2, 0.25) is 0 Å². The van der Waals surface area contributed by atoms with Gasteiger partial charge in [-0.05, 0) is 46.1 Å². The quantitative estimate of drug-likeness (QED) is 0.777. The van der Waals surface area contributed by atoms with E-state index in [0.717, 1.165) is 39.0 Å². The fourth-order valence-corrected chi connectivity index (χ4v) is 3.11. The van der Waals surface area contributed by atoms with E-state index in [2.05, 4.69) is 32.6 Å². The summed E-state index contributed by atoms with van der Waals surface area (Å²) in [5, 5.41) is 0. The molecule has 0 radical (unpaired) electrons. The molecule has 3 nitrogen and oxygen atoms in total. The van der Waals surface area contributed by atoms with Gasteiger partial charge in [0, 0.05) is 24.7 Å². The minimum absolute atomic E-state index is 0.170. The van der Waals surface area contributed by atoms with E-state index in [0.29, 0.717) is 12.1 Å². The molecule has 1 fully saturated rings. The van der Waals surface area contributed by atoms with E-state index < -0.39 is 0 Å². The molecule has 1 saturated heterocycles. The molecule has 0 aromatic rings. The largest absolute Gasteiger partial charge is 0.378 e. The topological polar surface area (TPSA) is 38.5 Å². The van der Waals surface area contributed by atoms with Crippen LogP contribution >= 0.6 is 0 Å². The Morgan fingerprint density at radius 1 is 1.41 bits per heavy atom. The first-order chi connectivity index (χ1) is 8.09. The van der Waals surface area contributed by atoms with Crippen LogP contribution < -0.4 is 5.73 Å². The molecule has 1 rings (SSSR count). The number of hydrogen-bond donors (Lipinski definition) is 1. The number of ether oxygens (including phenoxy) is 1. The van der Waals surface area contributed by atoms with E-state index in [-0.39, 0.29) is 5.54 Å². The SMILES string of the molecule is CCCN(C(C)C)C1(CN)CCOC(CC)C1. The Morgan fingerprint density at radius 2 is 2.12 bits per heavy atom. The lowest BCUT2D eigenvalue weighted by Crippen LogP contribution is -2.60. The highest BCUT2D eigenvalue weighted by Gasteiger charge is 2.40. The summed E-state index contributed by atoms with van der Waals surface area (Å²) in [5.74, 6) is 0. The molecular formula is C14H30N2O. The van der Waals surface area contributed by atoms with Gasteiger partial charge in [0.2, 0.25) is 0 Å². The Hall–Kier alpha value is -0.120. The molecule has 1 aliphatic rings. The predicted molar refractivity (Wildman–Crippen MR) is 73.2 cm³/mol. The second-order valence-corrected chi connectivity index (χ2v) is 5.57. The summed E-state index contributed by atoms with van der Waals surface area (Å²) in [6.07, 6.45) is 4.86. The molecule has 1 aliphatic heterocycles. The fourth-order valence-electron chi connectivity index (χ4n) is 3.11. The molecule has 0 spiro atoms. The minimum atomic E-state index is 0.170. The van der Waals surface area contributed by atoms with Crippen molar-refractivity contribution in [3.63, 3.8) is 0 Å². The van der Waals surface area contributed by atoms with Gasteiger partial charge in [-0.2, -0.15) is 0 Å². The van der Waals surface area contributed by atoms with Gasteiger partial charge in [0.05, 0.1) is 6.10 Å². The molecule has 2 N–H and O–H groups in total. The molecule has 3 heteroatoms.